The zero-order chi connectivity index (χ0) is 23.1. The van der Waals surface area contributed by atoms with E-state index in [0.29, 0.717) is 28.6 Å². The fraction of sp³-hybridized carbons (Fsp3) is 0.136. The average molecular weight is 455 g/mol. The molecule has 3 aromatic rings. The quantitative estimate of drug-likeness (QED) is 0.463. The Balaban J connectivity index is 1.72. The van der Waals surface area contributed by atoms with E-state index in [1.165, 1.54) is 27.6 Å². The third-order valence-electron chi connectivity index (χ3n) is 4.33. The van der Waals surface area contributed by atoms with E-state index >= 15 is 0 Å². The summed E-state index contributed by atoms with van der Waals surface area (Å²) in [5, 5.41) is 8.24. The fourth-order valence-electron chi connectivity index (χ4n) is 2.79. The minimum absolute atomic E-state index is 0.0284. The largest absolute Gasteiger partial charge is 0.497 e. The van der Waals surface area contributed by atoms with Gasteiger partial charge >= 0.3 is 0 Å². The number of rotatable bonds is 7. The van der Waals surface area contributed by atoms with Crippen LogP contribution in [0.2, 0.25) is 0 Å². The molecule has 0 radical (unpaired) electrons. The molecule has 2 amide bonds. The summed E-state index contributed by atoms with van der Waals surface area (Å²) >= 11 is 5.28. The van der Waals surface area contributed by atoms with Gasteiger partial charge in [-0.05, 0) is 54.7 Å². The molecule has 0 atom stereocenters. The van der Waals surface area contributed by atoms with E-state index in [1.807, 2.05) is 0 Å². The first-order valence-electron chi connectivity index (χ1n) is 9.32. The number of carbonyl (C=O) groups is 2. The maximum atomic E-state index is 12.7. The van der Waals surface area contributed by atoms with Crippen LogP contribution in [0, 0.1) is 0 Å². The highest BCUT2D eigenvalue weighted by Crippen LogP contribution is 2.28. The molecule has 0 saturated heterocycles. The topological polar surface area (TPSA) is 111 Å². The fourth-order valence-corrected chi connectivity index (χ4v) is 3.00. The highest BCUT2D eigenvalue weighted by molar-refractivity contribution is 7.80. The zero-order valence-electron chi connectivity index (χ0n) is 17.6. The van der Waals surface area contributed by atoms with Gasteiger partial charge in [-0.3, -0.25) is 14.9 Å². The van der Waals surface area contributed by atoms with Crippen molar-refractivity contribution in [3.63, 3.8) is 0 Å². The Labute approximate surface area is 189 Å². The number of benzene rings is 2. The van der Waals surface area contributed by atoms with Crippen molar-refractivity contribution < 1.29 is 28.2 Å². The number of anilines is 2. The number of hydrogen-bond acceptors (Lipinski definition) is 7. The first kappa shape index (κ1) is 22.6. The first-order chi connectivity index (χ1) is 15.4. The number of carbonyl (C=O) groups excluding carboxylic acids is 2. The molecule has 1 aromatic heterocycles. The molecule has 0 bridgehead atoms. The maximum Gasteiger partial charge on any atom is 0.291 e. The predicted octanol–water partition coefficient (Wildman–Crippen LogP) is 3.68. The number of ether oxygens (including phenoxy) is 3. The number of methoxy groups -OCH3 is 3. The van der Waals surface area contributed by atoms with Crippen LogP contribution in [-0.2, 0) is 0 Å². The van der Waals surface area contributed by atoms with E-state index in [9.17, 15) is 9.59 Å². The van der Waals surface area contributed by atoms with Gasteiger partial charge < -0.3 is 29.3 Å². The standard InChI is InChI=1S/C22H21N3O6S/c1-28-14-7-8-15(19(12-14)30-3)20(26)25-22(32)24-16-11-13(6-9-17(16)29-2)23-21(27)18-5-4-10-31-18/h4-12H,1-3H3,(H,23,27)(H2,24,25,26,32). The number of hydrogen-bond donors (Lipinski definition) is 3. The molecule has 0 saturated carbocycles. The zero-order valence-corrected chi connectivity index (χ0v) is 18.4. The summed E-state index contributed by atoms with van der Waals surface area (Å²) in [5.41, 5.74) is 1.20. The van der Waals surface area contributed by atoms with Crippen LogP contribution < -0.4 is 30.2 Å². The van der Waals surface area contributed by atoms with E-state index in [2.05, 4.69) is 16.0 Å². The molecule has 166 valence electrons. The molecular weight excluding hydrogens is 434 g/mol. The normalized spacial score (nSPS) is 10.1. The summed E-state index contributed by atoms with van der Waals surface area (Å²) in [6.45, 7) is 0. The summed E-state index contributed by atoms with van der Waals surface area (Å²) in [5.74, 6) is 0.644. The molecule has 1 heterocycles. The van der Waals surface area contributed by atoms with Gasteiger partial charge in [-0.2, -0.15) is 0 Å². The maximum absolute atomic E-state index is 12.7. The molecule has 2 aromatic carbocycles. The van der Waals surface area contributed by atoms with Gasteiger partial charge in [0.1, 0.15) is 17.2 Å². The van der Waals surface area contributed by atoms with Crippen LogP contribution in [0.1, 0.15) is 20.9 Å². The molecular formula is C22H21N3O6S. The number of nitrogens with one attached hydrogen (secondary N) is 3. The number of furan rings is 1. The van der Waals surface area contributed by atoms with Crippen molar-refractivity contribution in [3.8, 4) is 17.2 Å². The van der Waals surface area contributed by atoms with Crippen molar-refractivity contribution in [1.29, 1.82) is 0 Å². The smallest absolute Gasteiger partial charge is 0.291 e. The second-order valence-electron chi connectivity index (χ2n) is 6.32. The van der Waals surface area contributed by atoms with Crippen molar-refractivity contribution in [2.24, 2.45) is 0 Å². The van der Waals surface area contributed by atoms with Gasteiger partial charge in [-0.1, -0.05) is 0 Å². The van der Waals surface area contributed by atoms with Crippen molar-refractivity contribution in [3.05, 3.63) is 66.1 Å². The molecule has 0 aliphatic rings. The number of thiocarbonyl (C=S) groups is 1. The molecule has 0 fully saturated rings. The van der Waals surface area contributed by atoms with Gasteiger partial charge in [-0.25, -0.2) is 0 Å². The summed E-state index contributed by atoms with van der Waals surface area (Å²) < 4.78 is 20.8. The van der Waals surface area contributed by atoms with Crippen LogP contribution in [0.15, 0.2) is 59.2 Å². The molecule has 0 unspecified atom stereocenters. The van der Waals surface area contributed by atoms with Gasteiger partial charge in [0.05, 0.1) is 38.8 Å². The SMILES string of the molecule is COc1ccc(C(=O)NC(=S)Nc2cc(NC(=O)c3ccco3)ccc2OC)c(OC)c1. The van der Waals surface area contributed by atoms with Gasteiger partial charge in [0.25, 0.3) is 11.8 Å². The first-order valence-corrected chi connectivity index (χ1v) is 9.73. The van der Waals surface area contributed by atoms with Gasteiger partial charge in [-0.15, -0.1) is 0 Å². The van der Waals surface area contributed by atoms with Crippen molar-refractivity contribution in [2.75, 3.05) is 32.0 Å². The molecule has 0 spiro atoms. The predicted molar refractivity (Wildman–Crippen MR) is 123 cm³/mol. The Hall–Kier alpha value is -4.05. The third-order valence-corrected chi connectivity index (χ3v) is 4.54. The van der Waals surface area contributed by atoms with Crippen LogP contribution in [0.3, 0.4) is 0 Å². The van der Waals surface area contributed by atoms with Gasteiger partial charge in [0, 0.05) is 11.8 Å². The van der Waals surface area contributed by atoms with Crippen LogP contribution in [-0.4, -0.2) is 38.3 Å². The van der Waals surface area contributed by atoms with E-state index < -0.39 is 11.8 Å². The van der Waals surface area contributed by atoms with E-state index in [-0.39, 0.29) is 16.4 Å². The minimum atomic E-state index is -0.469. The van der Waals surface area contributed by atoms with Crippen LogP contribution in [0.25, 0.3) is 0 Å². The lowest BCUT2D eigenvalue weighted by atomic mass is 10.2. The summed E-state index contributed by atoms with van der Waals surface area (Å²) in [4.78, 5) is 24.9. The summed E-state index contributed by atoms with van der Waals surface area (Å²) in [6.07, 6.45) is 1.41. The van der Waals surface area contributed by atoms with E-state index in [0.717, 1.165) is 0 Å². The molecule has 32 heavy (non-hydrogen) atoms. The third kappa shape index (κ3) is 5.35. The monoisotopic (exact) mass is 455 g/mol. The second kappa shape index (κ2) is 10.3. The van der Waals surface area contributed by atoms with E-state index in [1.54, 1.807) is 48.5 Å². The molecule has 9 nitrogen and oxygen atoms in total. The minimum Gasteiger partial charge on any atom is -0.497 e. The number of amides is 2. The van der Waals surface area contributed by atoms with Crippen LogP contribution in [0.5, 0.6) is 17.2 Å². The van der Waals surface area contributed by atoms with Crippen molar-refractivity contribution >= 4 is 40.5 Å². The summed E-state index contributed by atoms with van der Waals surface area (Å²) in [7, 11) is 4.47. The molecule has 0 aliphatic heterocycles. The van der Waals surface area contributed by atoms with Crippen LogP contribution >= 0.6 is 12.2 Å². The van der Waals surface area contributed by atoms with Crippen molar-refractivity contribution in [1.82, 2.24) is 5.32 Å². The van der Waals surface area contributed by atoms with Crippen molar-refractivity contribution in [2.45, 2.75) is 0 Å². The van der Waals surface area contributed by atoms with Crippen LogP contribution in [0.4, 0.5) is 11.4 Å². The highest BCUT2D eigenvalue weighted by Gasteiger charge is 2.16. The highest BCUT2D eigenvalue weighted by atomic mass is 32.1. The summed E-state index contributed by atoms with van der Waals surface area (Å²) in [6, 6.07) is 12.9. The lowest BCUT2D eigenvalue weighted by Crippen LogP contribution is -2.34. The van der Waals surface area contributed by atoms with Gasteiger partial charge in [0.15, 0.2) is 10.9 Å². The second-order valence-corrected chi connectivity index (χ2v) is 6.73. The Morgan fingerprint density at radius 1 is 0.875 bits per heavy atom. The Morgan fingerprint density at radius 2 is 1.66 bits per heavy atom. The Morgan fingerprint density at radius 3 is 2.31 bits per heavy atom. The lowest BCUT2D eigenvalue weighted by molar-refractivity contribution is 0.0972. The van der Waals surface area contributed by atoms with Gasteiger partial charge in [0.2, 0.25) is 0 Å². The lowest BCUT2D eigenvalue weighted by Gasteiger charge is -2.15. The molecule has 3 rings (SSSR count). The van der Waals surface area contributed by atoms with E-state index in [4.69, 9.17) is 30.8 Å². The molecule has 0 aliphatic carbocycles. The molecule has 10 heteroatoms. The molecule has 3 N–H and O–H groups in total. The average Bonchev–Trinajstić information content (AvgIpc) is 3.34. The Kier molecular flexibility index (Phi) is 7.29. The Bertz CT molecular complexity index is 1130.